The zero-order valence-electron chi connectivity index (χ0n) is 19.7. The van der Waals surface area contributed by atoms with Crippen LogP contribution in [0.3, 0.4) is 0 Å². The molecule has 0 aliphatic heterocycles. The summed E-state index contributed by atoms with van der Waals surface area (Å²) in [5, 5.41) is 9.94. The summed E-state index contributed by atoms with van der Waals surface area (Å²) in [4.78, 5) is 0. The van der Waals surface area contributed by atoms with Gasteiger partial charge in [-0.3, -0.25) is 0 Å². The standard InChI is InChI=1S/C28H41FO/c1-19-17-23(21(3)26(29)18-19)12-11-22-10-8-16-28(6)24(13-14-25(22)28)20(2)9-7-15-27(4,5)30/h7,11-13,15,19-20,25-26,30H,3,8-10,14,16-18H2,1-2,4-6H3. The van der Waals surface area contributed by atoms with E-state index in [2.05, 4.69) is 51.7 Å². The highest BCUT2D eigenvalue weighted by molar-refractivity contribution is 5.40. The van der Waals surface area contributed by atoms with Crippen LogP contribution in [-0.2, 0) is 0 Å². The fourth-order valence-corrected chi connectivity index (χ4v) is 5.97. The Kier molecular flexibility index (Phi) is 6.97. The van der Waals surface area contributed by atoms with Crippen LogP contribution in [0.1, 0.15) is 79.6 Å². The van der Waals surface area contributed by atoms with Crippen LogP contribution in [-0.4, -0.2) is 16.9 Å². The highest BCUT2D eigenvalue weighted by Gasteiger charge is 2.45. The maximum atomic E-state index is 14.2. The molecule has 2 fully saturated rings. The number of hydrogen-bond donors (Lipinski definition) is 1. The molecule has 0 heterocycles. The molecule has 2 saturated carbocycles. The van der Waals surface area contributed by atoms with Crippen LogP contribution in [0, 0.1) is 23.2 Å². The Morgan fingerprint density at radius 3 is 2.80 bits per heavy atom. The van der Waals surface area contributed by atoms with Gasteiger partial charge < -0.3 is 5.11 Å². The van der Waals surface area contributed by atoms with Crippen molar-refractivity contribution in [2.75, 3.05) is 0 Å². The average Bonchev–Trinajstić information content (AvgIpc) is 3.00. The molecule has 3 rings (SSSR count). The van der Waals surface area contributed by atoms with Gasteiger partial charge in [0.1, 0.15) is 6.17 Å². The summed E-state index contributed by atoms with van der Waals surface area (Å²) < 4.78 is 14.2. The smallest absolute Gasteiger partial charge is 0.125 e. The van der Waals surface area contributed by atoms with Crippen molar-refractivity contribution in [3.05, 3.63) is 59.3 Å². The minimum Gasteiger partial charge on any atom is -0.386 e. The molecule has 30 heavy (non-hydrogen) atoms. The molecule has 166 valence electrons. The van der Waals surface area contributed by atoms with Crippen LogP contribution in [0.4, 0.5) is 4.39 Å². The number of halogens is 1. The third-order valence-electron chi connectivity index (χ3n) is 7.62. The van der Waals surface area contributed by atoms with Gasteiger partial charge in [0.25, 0.3) is 0 Å². The van der Waals surface area contributed by atoms with Gasteiger partial charge in [-0.2, -0.15) is 0 Å². The number of alkyl halides is 1. The van der Waals surface area contributed by atoms with Crippen LogP contribution in [0.15, 0.2) is 59.3 Å². The van der Waals surface area contributed by atoms with E-state index < -0.39 is 11.8 Å². The van der Waals surface area contributed by atoms with Crippen molar-refractivity contribution in [1.82, 2.24) is 0 Å². The number of allylic oxidation sites excluding steroid dienone is 8. The van der Waals surface area contributed by atoms with Crippen molar-refractivity contribution < 1.29 is 9.50 Å². The molecular formula is C28H41FO. The van der Waals surface area contributed by atoms with Gasteiger partial charge in [-0.15, -0.1) is 0 Å². The van der Waals surface area contributed by atoms with Gasteiger partial charge in [0.05, 0.1) is 5.60 Å². The molecule has 0 aromatic heterocycles. The summed E-state index contributed by atoms with van der Waals surface area (Å²) in [6.07, 6.45) is 17.4. The second kappa shape index (κ2) is 8.99. The summed E-state index contributed by atoms with van der Waals surface area (Å²) in [7, 11) is 0. The predicted octanol–water partition coefficient (Wildman–Crippen LogP) is 7.65. The summed E-state index contributed by atoms with van der Waals surface area (Å²) in [6.45, 7) is 14.6. The van der Waals surface area contributed by atoms with E-state index in [0.717, 1.165) is 31.3 Å². The molecule has 0 saturated heterocycles. The molecule has 0 spiro atoms. The Morgan fingerprint density at radius 1 is 1.37 bits per heavy atom. The molecule has 0 bridgehead atoms. The molecule has 0 aromatic carbocycles. The molecule has 3 aliphatic carbocycles. The summed E-state index contributed by atoms with van der Waals surface area (Å²) in [5.41, 5.74) is 4.40. The number of rotatable bonds is 5. The molecule has 1 nitrogen and oxygen atoms in total. The first-order valence-electron chi connectivity index (χ1n) is 11.8. The molecule has 5 atom stereocenters. The van der Waals surface area contributed by atoms with Gasteiger partial charge in [-0.1, -0.05) is 68.9 Å². The van der Waals surface area contributed by atoms with Crippen molar-refractivity contribution >= 4 is 0 Å². The van der Waals surface area contributed by atoms with E-state index in [-0.39, 0.29) is 5.41 Å². The van der Waals surface area contributed by atoms with E-state index in [4.69, 9.17) is 0 Å². The Labute approximate surface area is 183 Å². The Morgan fingerprint density at radius 2 is 2.10 bits per heavy atom. The SMILES string of the molecule is C=C1C(=CC=C2CCCC3(C)C(C(C)CC=CC(C)(C)O)=CCC23)CC(C)CC1F. The number of hydrogen-bond acceptors (Lipinski definition) is 1. The molecule has 0 aromatic rings. The molecule has 0 radical (unpaired) electrons. The Balaban J connectivity index is 1.75. The van der Waals surface area contributed by atoms with Crippen molar-refractivity contribution in [3.8, 4) is 0 Å². The van der Waals surface area contributed by atoms with Crippen LogP contribution in [0.2, 0.25) is 0 Å². The van der Waals surface area contributed by atoms with Gasteiger partial charge in [0.2, 0.25) is 0 Å². The maximum Gasteiger partial charge on any atom is 0.125 e. The second-order valence-corrected chi connectivity index (χ2v) is 10.9. The third kappa shape index (κ3) is 5.07. The van der Waals surface area contributed by atoms with E-state index >= 15 is 0 Å². The quantitative estimate of drug-likeness (QED) is 0.460. The predicted molar refractivity (Wildman–Crippen MR) is 126 cm³/mol. The van der Waals surface area contributed by atoms with E-state index in [1.165, 1.54) is 18.4 Å². The first kappa shape index (κ1) is 23.3. The summed E-state index contributed by atoms with van der Waals surface area (Å²) >= 11 is 0. The molecule has 5 unspecified atom stereocenters. The first-order valence-corrected chi connectivity index (χ1v) is 11.8. The Bertz CT molecular complexity index is 775. The van der Waals surface area contributed by atoms with Gasteiger partial charge in [0, 0.05) is 0 Å². The lowest BCUT2D eigenvalue weighted by atomic mass is 9.62. The van der Waals surface area contributed by atoms with Crippen LogP contribution >= 0.6 is 0 Å². The van der Waals surface area contributed by atoms with Gasteiger partial charge in [-0.05, 0) is 93.1 Å². The number of aliphatic hydroxyl groups is 1. The topological polar surface area (TPSA) is 20.2 Å². The zero-order chi connectivity index (χ0) is 22.1. The monoisotopic (exact) mass is 412 g/mol. The van der Waals surface area contributed by atoms with Crippen molar-refractivity contribution in [3.63, 3.8) is 0 Å². The Hall–Kier alpha value is -1.41. The highest BCUT2D eigenvalue weighted by atomic mass is 19.1. The molecule has 1 N–H and O–H groups in total. The van der Waals surface area contributed by atoms with Crippen molar-refractivity contribution in [1.29, 1.82) is 0 Å². The van der Waals surface area contributed by atoms with Gasteiger partial charge in [0.15, 0.2) is 0 Å². The maximum absolute atomic E-state index is 14.2. The van der Waals surface area contributed by atoms with E-state index in [0.29, 0.717) is 29.7 Å². The minimum atomic E-state index is -0.882. The largest absolute Gasteiger partial charge is 0.386 e. The van der Waals surface area contributed by atoms with Gasteiger partial charge in [-0.25, -0.2) is 4.39 Å². The normalized spacial score (nSPS) is 36.4. The average molecular weight is 413 g/mol. The van der Waals surface area contributed by atoms with Crippen LogP contribution in [0.25, 0.3) is 0 Å². The van der Waals surface area contributed by atoms with E-state index in [1.807, 2.05) is 19.9 Å². The lowest BCUT2D eigenvalue weighted by Crippen LogP contribution is -2.32. The van der Waals surface area contributed by atoms with Crippen molar-refractivity contribution in [2.24, 2.45) is 23.2 Å². The summed E-state index contributed by atoms with van der Waals surface area (Å²) in [6, 6.07) is 0. The second-order valence-electron chi connectivity index (χ2n) is 10.9. The van der Waals surface area contributed by atoms with E-state index in [1.54, 1.807) is 5.57 Å². The van der Waals surface area contributed by atoms with Crippen LogP contribution in [0.5, 0.6) is 0 Å². The van der Waals surface area contributed by atoms with Crippen LogP contribution < -0.4 is 0 Å². The third-order valence-corrected chi connectivity index (χ3v) is 7.62. The molecule has 2 heteroatoms. The summed E-state index contributed by atoms with van der Waals surface area (Å²) in [5.74, 6) is 1.45. The minimum absolute atomic E-state index is 0.226. The number of fused-ring (bicyclic) bond motifs is 1. The highest BCUT2D eigenvalue weighted by Crippen LogP contribution is 2.57. The van der Waals surface area contributed by atoms with Gasteiger partial charge >= 0.3 is 0 Å². The molecule has 3 aliphatic rings. The lowest BCUT2D eigenvalue weighted by Gasteiger charge is -2.42. The molecule has 0 amide bonds. The first-order chi connectivity index (χ1) is 14.0. The van der Waals surface area contributed by atoms with E-state index in [9.17, 15) is 9.50 Å². The fraction of sp³-hybridized carbons (Fsp3) is 0.643. The lowest BCUT2D eigenvalue weighted by molar-refractivity contribution is 0.132. The molecular weight excluding hydrogens is 371 g/mol. The van der Waals surface area contributed by atoms with Crippen molar-refractivity contribution in [2.45, 2.75) is 91.3 Å². The zero-order valence-corrected chi connectivity index (χ0v) is 19.7. The fourth-order valence-electron chi connectivity index (χ4n) is 5.97.